The van der Waals surface area contributed by atoms with Crippen LogP contribution in [0.25, 0.3) is 0 Å². The van der Waals surface area contributed by atoms with E-state index in [9.17, 15) is 9.59 Å². The maximum atomic E-state index is 12.6. The molecule has 1 aliphatic heterocycles. The Bertz CT molecular complexity index is 767. The topological polar surface area (TPSA) is 58.2 Å². The number of hydrogen-bond acceptors (Lipinski definition) is 4. The van der Waals surface area contributed by atoms with Gasteiger partial charge in [-0.25, -0.2) is 0 Å². The molecule has 2 heterocycles. The van der Waals surface area contributed by atoms with E-state index in [4.69, 9.17) is 0 Å². The number of hydrogen-bond donors (Lipinski definition) is 2. The molecule has 1 atom stereocenters. The number of anilines is 1. The normalized spacial score (nSPS) is 19.2. The fourth-order valence-electron chi connectivity index (χ4n) is 2.65. The van der Waals surface area contributed by atoms with E-state index in [1.165, 1.54) is 16.2 Å². The summed E-state index contributed by atoms with van der Waals surface area (Å²) in [6.45, 7) is 0. The number of fused-ring (bicyclic) bond motifs is 1. The van der Waals surface area contributed by atoms with Crippen molar-refractivity contribution in [2.45, 2.75) is 29.7 Å². The van der Waals surface area contributed by atoms with Gasteiger partial charge in [-0.2, -0.15) is 0 Å². The van der Waals surface area contributed by atoms with Crippen molar-refractivity contribution in [2.24, 2.45) is 0 Å². The molecule has 2 N–H and O–H groups in total. The quantitative estimate of drug-likeness (QED) is 0.893. The number of rotatable bonds is 4. The first-order valence-corrected chi connectivity index (χ1v) is 9.50. The molecule has 1 saturated carbocycles. The average molecular weight is 344 g/mol. The molecule has 0 radical (unpaired) electrons. The number of thioether (sulfide) groups is 1. The first-order chi connectivity index (χ1) is 11.2. The van der Waals surface area contributed by atoms with Crippen molar-refractivity contribution in [2.75, 3.05) is 11.1 Å². The first-order valence-electron chi connectivity index (χ1n) is 7.63. The molecule has 23 heavy (non-hydrogen) atoms. The SMILES string of the molecule is O=C(NC1CC1)c1ccsc1NC(=O)C1CSc2ccccc21. The molecular weight excluding hydrogens is 328 g/mol. The molecule has 1 aromatic carbocycles. The lowest BCUT2D eigenvalue weighted by Gasteiger charge is -2.12. The Kier molecular flexibility index (Phi) is 3.87. The van der Waals surface area contributed by atoms with Gasteiger partial charge in [-0.05, 0) is 35.9 Å². The van der Waals surface area contributed by atoms with Gasteiger partial charge in [0.05, 0.1) is 11.5 Å². The van der Waals surface area contributed by atoms with Gasteiger partial charge in [0.15, 0.2) is 0 Å². The monoisotopic (exact) mass is 344 g/mol. The second-order valence-corrected chi connectivity index (χ2v) is 7.78. The molecule has 2 aromatic rings. The van der Waals surface area contributed by atoms with E-state index in [-0.39, 0.29) is 17.7 Å². The number of amides is 2. The fraction of sp³-hybridized carbons (Fsp3) is 0.294. The molecule has 4 nitrogen and oxygen atoms in total. The predicted molar refractivity (Wildman–Crippen MR) is 93.3 cm³/mol. The molecule has 4 rings (SSSR count). The van der Waals surface area contributed by atoms with Gasteiger partial charge < -0.3 is 10.6 Å². The zero-order valence-electron chi connectivity index (χ0n) is 12.4. The van der Waals surface area contributed by atoms with Crippen LogP contribution in [0.2, 0.25) is 0 Å². The molecule has 1 aliphatic carbocycles. The van der Waals surface area contributed by atoms with Crippen molar-refractivity contribution in [1.82, 2.24) is 5.32 Å². The van der Waals surface area contributed by atoms with E-state index in [0.717, 1.165) is 24.2 Å². The van der Waals surface area contributed by atoms with Crippen molar-refractivity contribution >= 4 is 39.9 Å². The molecule has 0 saturated heterocycles. The van der Waals surface area contributed by atoms with E-state index in [1.54, 1.807) is 17.8 Å². The molecule has 2 amide bonds. The van der Waals surface area contributed by atoms with Crippen LogP contribution in [-0.4, -0.2) is 23.6 Å². The summed E-state index contributed by atoms with van der Waals surface area (Å²) in [4.78, 5) is 26.0. The third-order valence-electron chi connectivity index (χ3n) is 4.08. The van der Waals surface area contributed by atoms with E-state index >= 15 is 0 Å². The largest absolute Gasteiger partial charge is 0.349 e. The zero-order valence-corrected chi connectivity index (χ0v) is 14.0. The third-order valence-corrected chi connectivity index (χ3v) is 6.09. The lowest BCUT2D eigenvalue weighted by atomic mass is 10.0. The minimum Gasteiger partial charge on any atom is -0.349 e. The van der Waals surface area contributed by atoms with Crippen LogP contribution in [0.15, 0.2) is 40.6 Å². The molecule has 118 valence electrons. The summed E-state index contributed by atoms with van der Waals surface area (Å²) in [7, 11) is 0. The first kappa shape index (κ1) is 14.8. The molecule has 0 bridgehead atoms. The summed E-state index contributed by atoms with van der Waals surface area (Å²) in [6, 6.07) is 10.1. The smallest absolute Gasteiger partial charge is 0.254 e. The molecule has 6 heteroatoms. The lowest BCUT2D eigenvalue weighted by molar-refractivity contribution is -0.117. The van der Waals surface area contributed by atoms with Crippen molar-refractivity contribution in [3.8, 4) is 0 Å². The Morgan fingerprint density at radius 1 is 1.13 bits per heavy atom. The van der Waals surface area contributed by atoms with Crippen molar-refractivity contribution in [1.29, 1.82) is 0 Å². The van der Waals surface area contributed by atoms with E-state index in [0.29, 0.717) is 16.6 Å². The maximum Gasteiger partial charge on any atom is 0.254 e. The van der Waals surface area contributed by atoms with Crippen LogP contribution in [0, 0.1) is 0 Å². The molecular formula is C17H16N2O2S2. The number of thiophene rings is 1. The van der Waals surface area contributed by atoms with Gasteiger partial charge in [-0.15, -0.1) is 23.1 Å². The van der Waals surface area contributed by atoms with Gasteiger partial charge in [0.25, 0.3) is 5.91 Å². The zero-order chi connectivity index (χ0) is 15.8. The highest BCUT2D eigenvalue weighted by molar-refractivity contribution is 7.99. The van der Waals surface area contributed by atoms with E-state index < -0.39 is 0 Å². The third kappa shape index (κ3) is 3.01. The number of nitrogens with one attached hydrogen (secondary N) is 2. The van der Waals surface area contributed by atoms with Gasteiger partial charge in [0, 0.05) is 16.7 Å². The van der Waals surface area contributed by atoms with Gasteiger partial charge in [0.1, 0.15) is 5.00 Å². The standard InChI is InChI=1S/C17H16N2O2S2/c20-15(18-10-5-6-10)12-7-8-22-17(12)19-16(21)13-9-23-14-4-2-1-3-11(13)14/h1-4,7-8,10,13H,5-6,9H2,(H,18,20)(H,19,21). The Morgan fingerprint density at radius 2 is 1.96 bits per heavy atom. The highest BCUT2D eigenvalue weighted by atomic mass is 32.2. The number of benzene rings is 1. The van der Waals surface area contributed by atoms with E-state index in [1.807, 2.05) is 29.6 Å². The summed E-state index contributed by atoms with van der Waals surface area (Å²) < 4.78 is 0. The van der Waals surface area contributed by atoms with Crippen LogP contribution in [0.4, 0.5) is 5.00 Å². The van der Waals surface area contributed by atoms with Gasteiger partial charge >= 0.3 is 0 Å². The highest BCUT2D eigenvalue weighted by Gasteiger charge is 2.30. The molecule has 0 spiro atoms. The maximum absolute atomic E-state index is 12.6. The number of carbonyl (C=O) groups is 2. The van der Waals surface area contributed by atoms with Crippen LogP contribution < -0.4 is 10.6 Å². The van der Waals surface area contributed by atoms with Gasteiger partial charge in [-0.3, -0.25) is 9.59 Å². The average Bonchev–Trinajstić information content (AvgIpc) is 3.09. The van der Waals surface area contributed by atoms with Crippen LogP contribution in [0.3, 0.4) is 0 Å². The Hall–Kier alpha value is -1.79. The summed E-state index contributed by atoms with van der Waals surface area (Å²) >= 11 is 3.10. The Balaban J connectivity index is 1.49. The van der Waals surface area contributed by atoms with Crippen LogP contribution in [0.5, 0.6) is 0 Å². The van der Waals surface area contributed by atoms with Crippen LogP contribution >= 0.6 is 23.1 Å². The van der Waals surface area contributed by atoms with E-state index in [2.05, 4.69) is 10.6 Å². The van der Waals surface area contributed by atoms with Crippen molar-refractivity contribution in [3.63, 3.8) is 0 Å². The lowest BCUT2D eigenvalue weighted by Crippen LogP contribution is -2.27. The minimum absolute atomic E-state index is 0.0367. The molecule has 1 unspecified atom stereocenters. The van der Waals surface area contributed by atoms with Gasteiger partial charge in [0.2, 0.25) is 5.91 Å². The second kappa shape index (κ2) is 6.02. The molecule has 1 fully saturated rings. The summed E-state index contributed by atoms with van der Waals surface area (Å²) in [6.07, 6.45) is 2.10. The van der Waals surface area contributed by atoms with Crippen LogP contribution in [-0.2, 0) is 4.79 Å². The number of carbonyl (C=O) groups excluding carboxylic acids is 2. The highest BCUT2D eigenvalue weighted by Crippen LogP contribution is 2.40. The summed E-state index contributed by atoms with van der Waals surface area (Å²) in [5.41, 5.74) is 1.64. The van der Waals surface area contributed by atoms with Crippen LogP contribution in [0.1, 0.15) is 34.7 Å². The fourth-order valence-corrected chi connectivity index (χ4v) is 4.67. The second-order valence-electron chi connectivity index (χ2n) is 5.80. The van der Waals surface area contributed by atoms with Crippen molar-refractivity contribution < 1.29 is 9.59 Å². The summed E-state index contributed by atoms with van der Waals surface area (Å²) in [5, 5.41) is 8.40. The Labute approximate surface area is 142 Å². The molecule has 1 aromatic heterocycles. The summed E-state index contributed by atoms with van der Waals surface area (Å²) in [5.74, 6) is 0.466. The Morgan fingerprint density at radius 3 is 2.78 bits per heavy atom. The van der Waals surface area contributed by atoms with Gasteiger partial charge in [-0.1, -0.05) is 18.2 Å². The molecule has 2 aliphatic rings. The predicted octanol–water partition coefficient (Wildman–Crippen LogP) is 3.47. The van der Waals surface area contributed by atoms with Crippen molar-refractivity contribution in [3.05, 3.63) is 46.8 Å². The minimum atomic E-state index is -0.155.